The number of benzene rings is 2. The summed E-state index contributed by atoms with van der Waals surface area (Å²) < 4.78 is 20.8. The summed E-state index contributed by atoms with van der Waals surface area (Å²) >= 11 is 5.90. The van der Waals surface area contributed by atoms with Gasteiger partial charge < -0.3 is 4.74 Å². The van der Waals surface area contributed by atoms with Gasteiger partial charge in [-0.15, -0.1) is 0 Å². The summed E-state index contributed by atoms with van der Waals surface area (Å²) in [4.78, 5) is 9.81. The molecule has 0 aliphatic heterocycles. The summed E-state index contributed by atoms with van der Waals surface area (Å²) in [6, 6.07) is 6.96. The highest BCUT2D eigenvalue weighted by atomic mass is 35.5. The molecule has 1 heterocycles. The van der Waals surface area contributed by atoms with Crippen molar-refractivity contribution in [1.29, 1.82) is 0 Å². The third-order valence-electron chi connectivity index (χ3n) is 3.02. The number of aromatic nitrogens is 2. The van der Waals surface area contributed by atoms with Crippen molar-refractivity contribution in [2.24, 2.45) is 7.05 Å². The summed E-state index contributed by atoms with van der Waals surface area (Å²) in [6.45, 7) is 0. The monoisotopic (exact) mass is 321 g/mol. The van der Waals surface area contributed by atoms with Gasteiger partial charge in [0.25, 0.3) is 0 Å². The molecule has 0 atom stereocenters. The van der Waals surface area contributed by atoms with Gasteiger partial charge in [-0.05, 0) is 12.1 Å². The van der Waals surface area contributed by atoms with Crippen LogP contribution in [0.5, 0.6) is 11.5 Å². The lowest BCUT2D eigenvalue weighted by atomic mass is 10.2. The van der Waals surface area contributed by atoms with E-state index in [1.54, 1.807) is 29.9 Å². The molecule has 1 aromatic heterocycles. The van der Waals surface area contributed by atoms with Crippen molar-refractivity contribution in [2.45, 2.75) is 0 Å². The van der Waals surface area contributed by atoms with Crippen LogP contribution in [-0.2, 0) is 7.05 Å². The molecular formula is C14H9ClFN3O3. The molecule has 6 nitrogen and oxygen atoms in total. The van der Waals surface area contributed by atoms with E-state index in [-0.39, 0.29) is 10.8 Å². The fourth-order valence-electron chi connectivity index (χ4n) is 2.05. The van der Waals surface area contributed by atoms with Crippen LogP contribution in [0, 0.1) is 15.9 Å². The molecule has 22 heavy (non-hydrogen) atoms. The highest BCUT2D eigenvalue weighted by molar-refractivity contribution is 6.32. The van der Waals surface area contributed by atoms with Crippen molar-refractivity contribution in [2.75, 3.05) is 0 Å². The van der Waals surface area contributed by atoms with Gasteiger partial charge in [0.1, 0.15) is 11.5 Å². The number of nitro groups is 1. The minimum Gasteiger partial charge on any atom is -0.456 e. The SMILES string of the molecule is Cn1cc2ccc(Oc3cc(F)c([N+](=O)[O-])cc3Cl)cc2n1. The topological polar surface area (TPSA) is 70.2 Å². The second-order valence-corrected chi connectivity index (χ2v) is 5.02. The van der Waals surface area contributed by atoms with E-state index < -0.39 is 16.4 Å². The number of rotatable bonds is 3. The van der Waals surface area contributed by atoms with Crippen molar-refractivity contribution >= 4 is 28.2 Å². The van der Waals surface area contributed by atoms with Crippen molar-refractivity contribution in [1.82, 2.24) is 9.78 Å². The number of ether oxygens (including phenoxy) is 1. The summed E-state index contributed by atoms with van der Waals surface area (Å²) in [5, 5.41) is 15.8. The standard InChI is InChI=1S/C14H9ClFN3O3/c1-18-7-8-2-3-9(4-12(8)17-18)22-14-6-11(16)13(19(20)21)5-10(14)15/h2-7H,1H3. The Balaban J connectivity index is 1.97. The molecule has 0 spiro atoms. The van der Waals surface area contributed by atoms with E-state index >= 15 is 0 Å². The van der Waals surface area contributed by atoms with Gasteiger partial charge in [0.2, 0.25) is 5.82 Å². The molecule has 2 aromatic carbocycles. The minimum atomic E-state index is -1.01. The summed E-state index contributed by atoms with van der Waals surface area (Å²) in [5.41, 5.74) is 0.0102. The van der Waals surface area contributed by atoms with E-state index in [4.69, 9.17) is 16.3 Å². The van der Waals surface area contributed by atoms with Crippen molar-refractivity contribution < 1.29 is 14.1 Å². The second-order valence-electron chi connectivity index (χ2n) is 4.62. The first-order chi connectivity index (χ1) is 10.4. The molecule has 3 aromatic rings. The molecule has 112 valence electrons. The number of halogens is 2. The minimum absolute atomic E-state index is 0.0000442. The van der Waals surface area contributed by atoms with Crippen molar-refractivity contribution in [3.05, 3.63) is 57.5 Å². The van der Waals surface area contributed by atoms with Gasteiger partial charge in [-0.2, -0.15) is 9.49 Å². The fraction of sp³-hybridized carbons (Fsp3) is 0.0714. The molecule has 0 radical (unpaired) electrons. The first-order valence-corrected chi connectivity index (χ1v) is 6.56. The van der Waals surface area contributed by atoms with Gasteiger partial charge in [-0.1, -0.05) is 11.6 Å². The quantitative estimate of drug-likeness (QED) is 0.538. The van der Waals surface area contributed by atoms with E-state index in [2.05, 4.69) is 5.10 Å². The maximum absolute atomic E-state index is 13.6. The van der Waals surface area contributed by atoms with E-state index in [1.807, 2.05) is 6.20 Å². The highest BCUT2D eigenvalue weighted by Crippen LogP contribution is 2.35. The number of aryl methyl sites for hydroxylation is 1. The molecule has 0 amide bonds. The molecule has 0 unspecified atom stereocenters. The molecule has 8 heteroatoms. The van der Waals surface area contributed by atoms with E-state index in [9.17, 15) is 14.5 Å². The van der Waals surface area contributed by atoms with E-state index in [0.29, 0.717) is 11.3 Å². The molecule has 0 saturated carbocycles. The van der Waals surface area contributed by atoms with E-state index in [0.717, 1.165) is 17.5 Å². The van der Waals surface area contributed by atoms with Crippen molar-refractivity contribution in [3.63, 3.8) is 0 Å². The Labute approximate surface area is 128 Å². The summed E-state index contributed by atoms with van der Waals surface area (Å²) in [5.74, 6) is -0.607. The van der Waals surface area contributed by atoms with Gasteiger partial charge in [0.15, 0.2) is 0 Å². The van der Waals surface area contributed by atoms with Crippen LogP contribution in [0.2, 0.25) is 5.02 Å². The third kappa shape index (κ3) is 2.58. The lowest BCUT2D eigenvalue weighted by Crippen LogP contribution is -1.94. The lowest BCUT2D eigenvalue weighted by Gasteiger charge is -2.07. The maximum Gasteiger partial charge on any atom is 0.306 e. The van der Waals surface area contributed by atoms with Crippen LogP contribution < -0.4 is 4.74 Å². The molecular weight excluding hydrogens is 313 g/mol. The van der Waals surface area contributed by atoms with Crippen LogP contribution in [0.1, 0.15) is 0 Å². The Morgan fingerprint density at radius 3 is 2.86 bits per heavy atom. The lowest BCUT2D eigenvalue weighted by molar-refractivity contribution is -0.387. The van der Waals surface area contributed by atoms with Gasteiger partial charge >= 0.3 is 5.69 Å². The fourth-order valence-corrected chi connectivity index (χ4v) is 2.24. The Bertz CT molecular complexity index is 894. The predicted molar refractivity (Wildman–Crippen MR) is 78.9 cm³/mol. The van der Waals surface area contributed by atoms with Crippen LogP contribution in [0.25, 0.3) is 10.9 Å². The van der Waals surface area contributed by atoms with E-state index in [1.165, 1.54) is 0 Å². The smallest absolute Gasteiger partial charge is 0.306 e. The molecule has 0 bridgehead atoms. The number of fused-ring (bicyclic) bond motifs is 1. The van der Waals surface area contributed by atoms with Gasteiger partial charge in [-0.3, -0.25) is 14.8 Å². The first-order valence-electron chi connectivity index (χ1n) is 6.19. The van der Waals surface area contributed by atoms with Crippen LogP contribution in [-0.4, -0.2) is 14.7 Å². The Hall–Kier alpha value is -2.67. The molecule has 0 aliphatic carbocycles. The van der Waals surface area contributed by atoms with Crippen LogP contribution >= 0.6 is 11.6 Å². The largest absolute Gasteiger partial charge is 0.456 e. The summed E-state index contributed by atoms with van der Waals surface area (Å²) in [6.07, 6.45) is 1.84. The number of nitro benzene ring substituents is 1. The Morgan fingerprint density at radius 1 is 1.36 bits per heavy atom. The molecule has 0 N–H and O–H groups in total. The van der Waals surface area contributed by atoms with Gasteiger partial charge in [0.05, 0.1) is 15.5 Å². The van der Waals surface area contributed by atoms with Crippen molar-refractivity contribution in [3.8, 4) is 11.5 Å². The number of nitrogens with zero attached hydrogens (tertiary/aromatic N) is 3. The van der Waals surface area contributed by atoms with Crippen LogP contribution in [0.3, 0.4) is 0 Å². The second kappa shape index (κ2) is 5.27. The van der Waals surface area contributed by atoms with Crippen LogP contribution in [0.4, 0.5) is 10.1 Å². The predicted octanol–water partition coefficient (Wildman–Crippen LogP) is 4.07. The zero-order valence-electron chi connectivity index (χ0n) is 11.3. The molecule has 3 rings (SSSR count). The average Bonchev–Trinajstić information content (AvgIpc) is 2.81. The third-order valence-corrected chi connectivity index (χ3v) is 3.31. The Kier molecular flexibility index (Phi) is 3.42. The Morgan fingerprint density at radius 2 is 2.14 bits per heavy atom. The number of hydrogen-bond donors (Lipinski definition) is 0. The molecule has 0 saturated heterocycles. The molecule has 0 aliphatic rings. The molecule has 0 fully saturated rings. The summed E-state index contributed by atoms with van der Waals surface area (Å²) in [7, 11) is 1.79. The first kappa shape index (κ1) is 14.3. The average molecular weight is 322 g/mol. The zero-order chi connectivity index (χ0) is 15.9. The van der Waals surface area contributed by atoms with Gasteiger partial charge in [-0.25, -0.2) is 0 Å². The number of hydrogen-bond acceptors (Lipinski definition) is 4. The zero-order valence-corrected chi connectivity index (χ0v) is 12.0. The normalized spacial score (nSPS) is 10.9. The maximum atomic E-state index is 13.6. The highest BCUT2D eigenvalue weighted by Gasteiger charge is 2.18. The van der Waals surface area contributed by atoms with Crippen LogP contribution in [0.15, 0.2) is 36.5 Å². The van der Waals surface area contributed by atoms with Gasteiger partial charge in [0, 0.05) is 36.8 Å².